The van der Waals surface area contributed by atoms with Gasteiger partial charge in [-0.2, -0.15) is 0 Å². The van der Waals surface area contributed by atoms with E-state index in [1.807, 2.05) is 12.1 Å². The summed E-state index contributed by atoms with van der Waals surface area (Å²) in [6.45, 7) is 6.10. The molecule has 0 aromatic carbocycles. The van der Waals surface area contributed by atoms with Gasteiger partial charge in [-0.3, -0.25) is 0 Å². The van der Waals surface area contributed by atoms with Crippen molar-refractivity contribution in [3.63, 3.8) is 0 Å². The summed E-state index contributed by atoms with van der Waals surface area (Å²) in [5.41, 5.74) is 6.82. The van der Waals surface area contributed by atoms with Crippen molar-refractivity contribution in [2.75, 3.05) is 31.3 Å². The lowest BCUT2D eigenvalue weighted by Crippen LogP contribution is -2.24. The molecular weight excluding hydrogens is 202 g/mol. The number of nitrogens with zero attached hydrogens (tertiary/aromatic N) is 1. The number of aromatic nitrogens is 1. The summed E-state index contributed by atoms with van der Waals surface area (Å²) in [7, 11) is 1.73. The van der Waals surface area contributed by atoms with Crippen molar-refractivity contribution in [2.24, 2.45) is 5.41 Å². The number of nitrogen functional groups attached to an aromatic ring is 1. The first-order valence-electron chi connectivity index (χ1n) is 5.48. The number of rotatable bonds is 6. The molecule has 3 N–H and O–H groups in total. The molecule has 0 aliphatic carbocycles. The molecule has 1 rings (SSSR count). The highest BCUT2D eigenvalue weighted by molar-refractivity contribution is 5.49. The van der Waals surface area contributed by atoms with E-state index in [4.69, 9.17) is 10.5 Å². The second-order valence-corrected chi connectivity index (χ2v) is 4.73. The van der Waals surface area contributed by atoms with Gasteiger partial charge in [-0.1, -0.05) is 13.8 Å². The Morgan fingerprint density at radius 1 is 1.50 bits per heavy atom. The van der Waals surface area contributed by atoms with E-state index >= 15 is 0 Å². The van der Waals surface area contributed by atoms with Crippen LogP contribution in [0.1, 0.15) is 20.3 Å². The molecule has 90 valence electrons. The van der Waals surface area contributed by atoms with Crippen LogP contribution < -0.4 is 11.1 Å². The standard InChI is InChI=1S/C12H21N3O/c1-12(2,5-7-16-3)9-15-10-4-6-14-11(13)8-10/h4,6,8H,5,7,9H2,1-3H3,(H3,13,14,15). The number of hydrogen-bond donors (Lipinski definition) is 2. The Labute approximate surface area is 97.2 Å². The summed E-state index contributed by atoms with van der Waals surface area (Å²) < 4.78 is 5.09. The quantitative estimate of drug-likeness (QED) is 0.775. The molecule has 1 heterocycles. The summed E-state index contributed by atoms with van der Waals surface area (Å²) in [6, 6.07) is 3.76. The first kappa shape index (κ1) is 12.8. The number of ether oxygens (including phenoxy) is 1. The van der Waals surface area contributed by atoms with Gasteiger partial charge in [0, 0.05) is 38.2 Å². The molecule has 0 saturated heterocycles. The van der Waals surface area contributed by atoms with Crippen LogP contribution >= 0.6 is 0 Å². The van der Waals surface area contributed by atoms with Gasteiger partial charge in [-0.05, 0) is 17.9 Å². The molecule has 0 spiro atoms. The molecule has 0 unspecified atom stereocenters. The summed E-state index contributed by atoms with van der Waals surface area (Å²) in [5, 5.41) is 3.36. The lowest BCUT2D eigenvalue weighted by Gasteiger charge is -2.25. The summed E-state index contributed by atoms with van der Waals surface area (Å²) in [4.78, 5) is 3.95. The average Bonchev–Trinajstić information content (AvgIpc) is 2.24. The molecule has 1 aromatic heterocycles. The Hall–Kier alpha value is -1.29. The highest BCUT2D eigenvalue weighted by atomic mass is 16.5. The van der Waals surface area contributed by atoms with E-state index in [1.54, 1.807) is 13.3 Å². The van der Waals surface area contributed by atoms with Crippen molar-refractivity contribution < 1.29 is 4.74 Å². The zero-order valence-electron chi connectivity index (χ0n) is 10.3. The maximum atomic E-state index is 5.61. The predicted octanol–water partition coefficient (Wildman–Crippen LogP) is 2.14. The molecule has 16 heavy (non-hydrogen) atoms. The van der Waals surface area contributed by atoms with Crippen LogP contribution in [0.4, 0.5) is 11.5 Å². The van der Waals surface area contributed by atoms with E-state index in [0.29, 0.717) is 5.82 Å². The van der Waals surface area contributed by atoms with E-state index < -0.39 is 0 Å². The Morgan fingerprint density at radius 2 is 2.25 bits per heavy atom. The molecule has 0 amide bonds. The maximum absolute atomic E-state index is 5.61. The molecule has 4 nitrogen and oxygen atoms in total. The van der Waals surface area contributed by atoms with Gasteiger partial charge in [-0.25, -0.2) is 4.98 Å². The van der Waals surface area contributed by atoms with Crippen molar-refractivity contribution in [3.8, 4) is 0 Å². The lowest BCUT2D eigenvalue weighted by molar-refractivity contribution is 0.157. The zero-order chi connectivity index (χ0) is 12.0. The number of anilines is 2. The number of pyridine rings is 1. The molecule has 0 atom stereocenters. The normalized spacial score (nSPS) is 11.4. The van der Waals surface area contributed by atoms with Crippen LogP contribution in [0.2, 0.25) is 0 Å². The first-order chi connectivity index (χ1) is 7.53. The van der Waals surface area contributed by atoms with E-state index in [0.717, 1.165) is 25.3 Å². The van der Waals surface area contributed by atoms with Crippen molar-refractivity contribution in [3.05, 3.63) is 18.3 Å². The van der Waals surface area contributed by atoms with Crippen molar-refractivity contribution in [1.82, 2.24) is 4.98 Å². The highest BCUT2D eigenvalue weighted by Crippen LogP contribution is 2.21. The fourth-order valence-corrected chi connectivity index (χ4v) is 1.37. The molecule has 1 aromatic rings. The van der Waals surface area contributed by atoms with Crippen LogP contribution in [-0.2, 0) is 4.74 Å². The molecule has 4 heteroatoms. The molecular formula is C12H21N3O. The molecule has 0 aliphatic rings. The van der Waals surface area contributed by atoms with Crippen LogP contribution in [0.25, 0.3) is 0 Å². The van der Waals surface area contributed by atoms with Crippen LogP contribution in [0.15, 0.2) is 18.3 Å². The average molecular weight is 223 g/mol. The van der Waals surface area contributed by atoms with E-state index in [-0.39, 0.29) is 5.41 Å². The molecule has 0 saturated carbocycles. The molecule has 0 aliphatic heterocycles. The maximum Gasteiger partial charge on any atom is 0.125 e. The van der Waals surface area contributed by atoms with Gasteiger partial charge in [-0.15, -0.1) is 0 Å². The summed E-state index contributed by atoms with van der Waals surface area (Å²) in [6.07, 6.45) is 2.73. The predicted molar refractivity (Wildman–Crippen MR) is 67.4 cm³/mol. The minimum absolute atomic E-state index is 0.202. The van der Waals surface area contributed by atoms with E-state index in [2.05, 4.69) is 24.1 Å². The van der Waals surface area contributed by atoms with Crippen LogP contribution in [0.5, 0.6) is 0 Å². The first-order valence-corrected chi connectivity index (χ1v) is 5.48. The van der Waals surface area contributed by atoms with Crippen molar-refractivity contribution in [2.45, 2.75) is 20.3 Å². The SMILES string of the molecule is COCCC(C)(C)CNc1ccnc(N)c1. The molecule has 0 bridgehead atoms. The van der Waals surface area contributed by atoms with Crippen LogP contribution in [-0.4, -0.2) is 25.2 Å². The Balaban J connectivity index is 2.44. The van der Waals surface area contributed by atoms with Crippen molar-refractivity contribution >= 4 is 11.5 Å². The summed E-state index contributed by atoms with van der Waals surface area (Å²) in [5.74, 6) is 0.541. The van der Waals surface area contributed by atoms with Crippen molar-refractivity contribution in [1.29, 1.82) is 0 Å². The minimum Gasteiger partial charge on any atom is -0.385 e. The minimum atomic E-state index is 0.202. The molecule has 0 fully saturated rings. The topological polar surface area (TPSA) is 60.2 Å². The second kappa shape index (κ2) is 5.70. The smallest absolute Gasteiger partial charge is 0.125 e. The van der Waals surface area contributed by atoms with Gasteiger partial charge in [0.15, 0.2) is 0 Å². The fraction of sp³-hybridized carbons (Fsp3) is 0.583. The largest absolute Gasteiger partial charge is 0.385 e. The number of hydrogen-bond acceptors (Lipinski definition) is 4. The molecule has 0 radical (unpaired) electrons. The zero-order valence-corrected chi connectivity index (χ0v) is 10.3. The van der Waals surface area contributed by atoms with Gasteiger partial charge in [0.1, 0.15) is 5.82 Å². The lowest BCUT2D eigenvalue weighted by atomic mass is 9.89. The van der Waals surface area contributed by atoms with Gasteiger partial charge in [0.25, 0.3) is 0 Å². The third-order valence-electron chi connectivity index (χ3n) is 2.54. The number of methoxy groups -OCH3 is 1. The van der Waals surface area contributed by atoms with Gasteiger partial charge < -0.3 is 15.8 Å². The van der Waals surface area contributed by atoms with E-state index in [9.17, 15) is 0 Å². The second-order valence-electron chi connectivity index (χ2n) is 4.73. The summed E-state index contributed by atoms with van der Waals surface area (Å²) >= 11 is 0. The Kier molecular flexibility index (Phi) is 4.55. The van der Waals surface area contributed by atoms with E-state index in [1.165, 1.54) is 0 Å². The van der Waals surface area contributed by atoms with Crippen LogP contribution in [0.3, 0.4) is 0 Å². The van der Waals surface area contributed by atoms with Gasteiger partial charge >= 0.3 is 0 Å². The Morgan fingerprint density at radius 3 is 2.88 bits per heavy atom. The number of nitrogens with one attached hydrogen (secondary N) is 1. The van der Waals surface area contributed by atoms with Gasteiger partial charge in [0.05, 0.1) is 0 Å². The third-order valence-corrected chi connectivity index (χ3v) is 2.54. The Bertz CT molecular complexity index is 326. The monoisotopic (exact) mass is 223 g/mol. The number of nitrogens with two attached hydrogens (primary N) is 1. The fourth-order valence-electron chi connectivity index (χ4n) is 1.37. The van der Waals surface area contributed by atoms with Gasteiger partial charge in [0.2, 0.25) is 0 Å². The third kappa shape index (κ3) is 4.49. The van der Waals surface area contributed by atoms with Crippen LogP contribution in [0, 0.1) is 5.41 Å². The highest BCUT2D eigenvalue weighted by Gasteiger charge is 2.16.